The standard InChI is InChI=1S/C30H44N4O3/c1-23-19-32(15-14-31(23)21-25-10-8-7-9-11-25)28-13-12-27(18-26(28)22-36-6)34-17-16-33(20-24(34)2)29(35)37-30(3,4)5/h7-13,18,23-24H,14-17,19-22H2,1-6H3/t23-,24-/m0/s1. The van der Waals surface area contributed by atoms with E-state index in [1.54, 1.807) is 7.11 Å². The first-order valence-corrected chi connectivity index (χ1v) is 13.5. The fourth-order valence-corrected chi connectivity index (χ4v) is 5.43. The van der Waals surface area contributed by atoms with Crippen LogP contribution >= 0.6 is 0 Å². The maximum absolute atomic E-state index is 12.6. The van der Waals surface area contributed by atoms with Crippen molar-refractivity contribution in [3.05, 3.63) is 59.7 Å². The van der Waals surface area contributed by atoms with Crippen LogP contribution in [0.25, 0.3) is 0 Å². The van der Waals surface area contributed by atoms with Gasteiger partial charge in [-0.2, -0.15) is 0 Å². The second kappa shape index (κ2) is 11.7. The largest absolute Gasteiger partial charge is 0.444 e. The fourth-order valence-electron chi connectivity index (χ4n) is 5.43. The van der Waals surface area contributed by atoms with E-state index in [2.05, 4.69) is 77.1 Å². The van der Waals surface area contributed by atoms with E-state index in [1.807, 2.05) is 25.7 Å². The number of carbonyl (C=O) groups excluding carboxylic acids is 1. The van der Waals surface area contributed by atoms with Crippen molar-refractivity contribution in [3.8, 4) is 0 Å². The SMILES string of the molecule is COCc1cc(N2CCN(C(=O)OC(C)(C)C)C[C@@H]2C)ccc1N1CCN(Cc2ccccc2)[C@@H](C)C1. The molecule has 37 heavy (non-hydrogen) atoms. The molecular formula is C30H44N4O3. The molecule has 0 unspecified atom stereocenters. The third-order valence-electron chi connectivity index (χ3n) is 7.31. The molecule has 0 N–H and O–H groups in total. The molecule has 2 saturated heterocycles. The van der Waals surface area contributed by atoms with Crippen molar-refractivity contribution in [3.63, 3.8) is 0 Å². The van der Waals surface area contributed by atoms with Crippen LogP contribution in [0.15, 0.2) is 48.5 Å². The minimum Gasteiger partial charge on any atom is -0.444 e. The molecule has 0 saturated carbocycles. The number of amides is 1. The molecule has 0 spiro atoms. The predicted octanol–water partition coefficient (Wildman–Crippen LogP) is 4.99. The van der Waals surface area contributed by atoms with Crippen LogP contribution in [-0.4, -0.2) is 80.0 Å². The number of carbonyl (C=O) groups is 1. The molecule has 2 atom stereocenters. The van der Waals surface area contributed by atoms with Gasteiger partial charge in [-0.25, -0.2) is 4.79 Å². The molecule has 202 valence electrons. The molecule has 2 heterocycles. The van der Waals surface area contributed by atoms with Crippen LogP contribution in [0.1, 0.15) is 45.7 Å². The molecule has 2 aromatic carbocycles. The maximum Gasteiger partial charge on any atom is 0.410 e. The molecule has 1 amide bonds. The van der Waals surface area contributed by atoms with Gasteiger partial charge in [-0.05, 0) is 58.4 Å². The van der Waals surface area contributed by atoms with E-state index < -0.39 is 5.60 Å². The van der Waals surface area contributed by atoms with Crippen LogP contribution in [-0.2, 0) is 22.6 Å². The highest BCUT2D eigenvalue weighted by Crippen LogP contribution is 2.31. The highest BCUT2D eigenvalue weighted by atomic mass is 16.6. The Morgan fingerprint density at radius 2 is 1.70 bits per heavy atom. The fraction of sp³-hybridized carbons (Fsp3) is 0.567. The first kappa shape index (κ1) is 27.3. The van der Waals surface area contributed by atoms with Gasteiger partial charge in [-0.3, -0.25) is 4.90 Å². The molecular weight excluding hydrogens is 464 g/mol. The normalized spacial score (nSPS) is 21.3. The van der Waals surface area contributed by atoms with Crippen molar-refractivity contribution in [1.29, 1.82) is 0 Å². The van der Waals surface area contributed by atoms with E-state index in [4.69, 9.17) is 9.47 Å². The van der Waals surface area contributed by atoms with E-state index in [-0.39, 0.29) is 12.1 Å². The second-order valence-electron chi connectivity index (χ2n) is 11.5. The van der Waals surface area contributed by atoms with Gasteiger partial charge in [-0.15, -0.1) is 0 Å². The Morgan fingerprint density at radius 3 is 2.35 bits per heavy atom. The Morgan fingerprint density at radius 1 is 0.946 bits per heavy atom. The molecule has 4 rings (SSSR count). The zero-order valence-corrected chi connectivity index (χ0v) is 23.4. The predicted molar refractivity (Wildman–Crippen MR) is 150 cm³/mol. The van der Waals surface area contributed by atoms with Crippen LogP contribution in [0.4, 0.5) is 16.2 Å². The number of methoxy groups -OCH3 is 1. The summed E-state index contributed by atoms with van der Waals surface area (Å²) in [4.78, 5) is 21.9. The Hall–Kier alpha value is -2.77. The Bertz CT molecular complexity index is 1040. The molecule has 2 aliphatic heterocycles. The van der Waals surface area contributed by atoms with E-state index in [9.17, 15) is 4.79 Å². The summed E-state index contributed by atoms with van der Waals surface area (Å²) in [7, 11) is 1.76. The van der Waals surface area contributed by atoms with Crippen molar-refractivity contribution in [2.24, 2.45) is 0 Å². The third-order valence-corrected chi connectivity index (χ3v) is 7.31. The number of hydrogen-bond donors (Lipinski definition) is 0. The van der Waals surface area contributed by atoms with E-state index in [1.165, 1.54) is 22.5 Å². The summed E-state index contributed by atoms with van der Waals surface area (Å²) in [6.45, 7) is 16.9. The summed E-state index contributed by atoms with van der Waals surface area (Å²) >= 11 is 0. The molecule has 2 aliphatic rings. The van der Waals surface area contributed by atoms with Crippen molar-refractivity contribution < 1.29 is 14.3 Å². The van der Waals surface area contributed by atoms with Crippen LogP contribution in [0.3, 0.4) is 0 Å². The Balaban J connectivity index is 1.42. The molecule has 0 aliphatic carbocycles. The Kier molecular flexibility index (Phi) is 8.65. The lowest BCUT2D eigenvalue weighted by Gasteiger charge is -2.43. The molecule has 0 radical (unpaired) electrons. The maximum atomic E-state index is 12.6. The van der Waals surface area contributed by atoms with Crippen molar-refractivity contribution in [2.75, 3.05) is 56.2 Å². The van der Waals surface area contributed by atoms with Crippen molar-refractivity contribution >= 4 is 17.5 Å². The van der Waals surface area contributed by atoms with Gasteiger partial charge in [0.2, 0.25) is 0 Å². The van der Waals surface area contributed by atoms with Gasteiger partial charge in [0, 0.05) is 81.9 Å². The average molecular weight is 509 g/mol. The van der Waals surface area contributed by atoms with Gasteiger partial charge in [0.15, 0.2) is 0 Å². The quantitative estimate of drug-likeness (QED) is 0.548. The van der Waals surface area contributed by atoms with Gasteiger partial charge >= 0.3 is 6.09 Å². The van der Waals surface area contributed by atoms with Crippen LogP contribution in [0.2, 0.25) is 0 Å². The van der Waals surface area contributed by atoms with Crippen molar-refractivity contribution in [1.82, 2.24) is 9.80 Å². The molecule has 0 bridgehead atoms. The number of anilines is 2. The topological polar surface area (TPSA) is 48.5 Å². The highest BCUT2D eigenvalue weighted by molar-refractivity contribution is 5.69. The molecule has 2 fully saturated rings. The third kappa shape index (κ3) is 6.96. The van der Waals surface area contributed by atoms with Crippen LogP contribution in [0.5, 0.6) is 0 Å². The van der Waals surface area contributed by atoms with E-state index in [0.717, 1.165) is 32.7 Å². The van der Waals surface area contributed by atoms with E-state index in [0.29, 0.717) is 25.7 Å². The van der Waals surface area contributed by atoms with Crippen LogP contribution in [0, 0.1) is 0 Å². The minimum absolute atomic E-state index is 0.198. The summed E-state index contributed by atoms with van der Waals surface area (Å²) < 4.78 is 11.2. The summed E-state index contributed by atoms with van der Waals surface area (Å²) in [5, 5.41) is 0. The highest BCUT2D eigenvalue weighted by Gasteiger charge is 2.31. The lowest BCUT2D eigenvalue weighted by molar-refractivity contribution is 0.0219. The van der Waals surface area contributed by atoms with Crippen LogP contribution < -0.4 is 9.80 Å². The number of rotatable bonds is 6. The number of benzene rings is 2. The van der Waals surface area contributed by atoms with Gasteiger partial charge < -0.3 is 24.2 Å². The van der Waals surface area contributed by atoms with Crippen molar-refractivity contribution in [2.45, 2.75) is 65.5 Å². The zero-order valence-electron chi connectivity index (χ0n) is 23.4. The molecule has 7 nitrogen and oxygen atoms in total. The average Bonchev–Trinajstić information content (AvgIpc) is 2.85. The smallest absolute Gasteiger partial charge is 0.410 e. The first-order chi connectivity index (χ1) is 17.6. The first-order valence-electron chi connectivity index (χ1n) is 13.5. The summed E-state index contributed by atoms with van der Waals surface area (Å²) in [6.07, 6.45) is -0.227. The van der Waals surface area contributed by atoms with Gasteiger partial charge in [-0.1, -0.05) is 30.3 Å². The molecule has 0 aromatic heterocycles. The van der Waals surface area contributed by atoms with E-state index >= 15 is 0 Å². The van der Waals surface area contributed by atoms with Gasteiger partial charge in [0.25, 0.3) is 0 Å². The molecule has 7 heteroatoms. The number of nitrogens with zero attached hydrogens (tertiary/aromatic N) is 4. The summed E-state index contributed by atoms with van der Waals surface area (Å²) in [5.74, 6) is 0. The minimum atomic E-state index is -0.479. The summed E-state index contributed by atoms with van der Waals surface area (Å²) in [6, 6.07) is 18.2. The number of ether oxygens (including phenoxy) is 2. The molecule has 2 aromatic rings. The monoisotopic (exact) mass is 508 g/mol. The lowest BCUT2D eigenvalue weighted by atomic mass is 10.1. The summed E-state index contributed by atoms with van der Waals surface area (Å²) in [5.41, 5.74) is 4.55. The lowest BCUT2D eigenvalue weighted by Crippen LogP contribution is -2.54. The number of hydrogen-bond acceptors (Lipinski definition) is 6. The van der Waals surface area contributed by atoms with Gasteiger partial charge in [0.05, 0.1) is 6.61 Å². The number of piperazine rings is 2. The zero-order chi connectivity index (χ0) is 26.6. The second-order valence-corrected chi connectivity index (χ2v) is 11.5. The van der Waals surface area contributed by atoms with Gasteiger partial charge in [0.1, 0.15) is 5.60 Å². The Labute approximate surface area is 222 Å².